The Morgan fingerprint density at radius 3 is 2.84 bits per heavy atom. The first kappa shape index (κ1) is 18.0. The number of nitrogens with zero attached hydrogens (tertiary/aromatic N) is 2. The van der Waals surface area contributed by atoms with E-state index in [1.807, 2.05) is 25.1 Å². The summed E-state index contributed by atoms with van der Waals surface area (Å²) in [4.78, 5) is 30.1. The van der Waals surface area contributed by atoms with E-state index in [2.05, 4.69) is 10.3 Å². The molecular weight excluding hydrogens is 378 g/mol. The summed E-state index contributed by atoms with van der Waals surface area (Å²) in [7, 11) is 0. The van der Waals surface area contributed by atoms with Crippen LogP contribution in [0.15, 0.2) is 46.3 Å². The maximum atomic E-state index is 12.5. The van der Waals surface area contributed by atoms with Gasteiger partial charge in [-0.05, 0) is 31.2 Å². The molecule has 0 aliphatic heterocycles. The van der Waals surface area contributed by atoms with Gasteiger partial charge < -0.3 is 5.32 Å². The number of hydrogen-bond acceptors (Lipinski definition) is 5. The van der Waals surface area contributed by atoms with E-state index in [1.54, 1.807) is 22.8 Å². The number of aromatic nitrogens is 2. The second kappa shape index (κ2) is 8.03. The SMILES string of the molecule is CCn1c(SCC(=O)NCc2ccc(Cl)s2)nc2ccccc2c1=O. The van der Waals surface area contributed by atoms with Crippen molar-refractivity contribution in [2.45, 2.75) is 25.2 Å². The molecule has 0 spiro atoms. The van der Waals surface area contributed by atoms with Gasteiger partial charge in [0.05, 0.1) is 27.5 Å². The minimum Gasteiger partial charge on any atom is -0.350 e. The van der Waals surface area contributed by atoms with Crippen LogP contribution in [0, 0.1) is 0 Å². The van der Waals surface area contributed by atoms with Gasteiger partial charge in [-0.25, -0.2) is 4.98 Å². The molecule has 130 valence electrons. The summed E-state index contributed by atoms with van der Waals surface area (Å²) in [6, 6.07) is 10.9. The van der Waals surface area contributed by atoms with Crippen molar-refractivity contribution < 1.29 is 4.79 Å². The summed E-state index contributed by atoms with van der Waals surface area (Å²) < 4.78 is 2.30. The Bertz CT molecular complexity index is 968. The zero-order valence-corrected chi connectivity index (χ0v) is 15.9. The van der Waals surface area contributed by atoms with Crippen molar-refractivity contribution in [1.29, 1.82) is 0 Å². The van der Waals surface area contributed by atoms with Gasteiger partial charge in [-0.1, -0.05) is 35.5 Å². The van der Waals surface area contributed by atoms with Crippen molar-refractivity contribution in [2.75, 3.05) is 5.75 Å². The van der Waals surface area contributed by atoms with E-state index in [0.717, 1.165) is 4.88 Å². The van der Waals surface area contributed by atoms with E-state index >= 15 is 0 Å². The number of para-hydroxylation sites is 1. The Balaban J connectivity index is 1.70. The van der Waals surface area contributed by atoms with Gasteiger partial charge in [0, 0.05) is 11.4 Å². The average molecular weight is 394 g/mol. The molecule has 3 rings (SSSR count). The number of amides is 1. The molecule has 1 N–H and O–H groups in total. The number of thiophene rings is 1. The van der Waals surface area contributed by atoms with E-state index < -0.39 is 0 Å². The molecule has 8 heteroatoms. The number of carbonyl (C=O) groups excluding carboxylic acids is 1. The highest BCUT2D eigenvalue weighted by Gasteiger charge is 2.12. The molecule has 0 bridgehead atoms. The number of carbonyl (C=O) groups is 1. The number of halogens is 1. The lowest BCUT2D eigenvalue weighted by molar-refractivity contribution is -0.118. The van der Waals surface area contributed by atoms with Crippen LogP contribution in [-0.2, 0) is 17.9 Å². The fourth-order valence-corrected chi connectivity index (χ4v) is 4.27. The Morgan fingerprint density at radius 1 is 1.32 bits per heavy atom. The molecule has 1 amide bonds. The highest BCUT2D eigenvalue weighted by molar-refractivity contribution is 7.99. The number of fused-ring (bicyclic) bond motifs is 1. The topological polar surface area (TPSA) is 64.0 Å². The maximum absolute atomic E-state index is 12.5. The third-order valence-corrected chi connectivity index (χ3v) is 5.77. The van der Waals surface area contributed by atoms with E-state index in [-0.39, 0.29) is 17.2 Å². The van der Waals surface area contributed by atoms with Crippen molar-refractivity contribution in [1.82, 2.24) is 14.9 Å². The summed E-state index contributed by atoms with van der Waals surface area (Å²) in [5.41, 5.74) is 0.567. The van der Waals surface area contributed by atoms with Crippen molar-refractivity contribution in [3.63, 3.8) is 0 Å². The van der Waals surface area contributed by atoms with Crippen LogP contribution in [0.1, 0.15) is 11.8 Å². The van der Waals surface area contributed by atoms with Gasteiger partial charge >= 0.3 is 0 Å². The Kier molecular flexibility index (Phi) is 5.78. The molecule has 0 aliphatic rings. The standard InChI is InChI=1S/C17H16ClN3O2S2/c1-2-21-16(23)12-5-3-4-6-13(12)20-17(21)24-10-15(22)19-9-11-7-8-14(18)25-11/h3-8H,2,9-10H2,1H3,(H,19,22). The fourth-order valence-electron chi connectivity index (χ4n) is 2.35. The smallest absolute Gasteiger partial charge is 0.262 e. The predicted octanol–water partition coefficient (Wildman–Crippen LogP) is 3.54. The van der Waals surface area contributed by atoms with Crippen LogP contribution in [0.5, 0.6) is 0 Å². The first-order valence-electron chi connectivity index (χ1n) is 7.71. The van der Waals surface area contributed by atoms with E-state index in [9.17, 15) is 9.59 Å². The van der Waals surface area contributed by atoms with E-state index in [1.165, 1.54) is 23.1 Å². The van der Waals surface area contributed by atoms with Crippen molar-refractivity contribution in [2.24, 2.45) is 0 Å². The molecule has 0 saturated carbocycles. The molecule has 1 aromatic carbocycles. The van der Waals surface area contributed by atoms with Crippen LogP contribution in [0.2, 0.25) is 4.34 Å². The van der Waals surface area contributed by atoms with Crippen LogP contribution in [0.4, 0.5) is 0 Å². The molecule has 0 saturated heterocycles. The largest absolute Gasteiger partial charge is 0.350 e. The number of benzene rings is 1. The zero-order valence-electron chi connectivity index (χ0n) is 13.5. The molecule has 2 heterocycles. The molecule has 2 aromatic heterocycles. The number of rotatable bonds is 6. The Morgan fingerprint density at radius 2 is 2.12 bits per heavy atom. The molecule has 0 unspecified atom stereocenters. The molecule has 0 fully saturated rings. The first-order valence-corrected chi connectivity index (χ1v) is 9.89. The van der Waals surface area contributed by atoms with Gasteiger partial charge in [0.2, 0.25) is 5.91 Å². The van der Waals surface area contributed by atoms with Gasteiger partial charge in [-0.15, -0.1) is 11.3 Å². The minimum absolute atomic E-state index is 0.0794. The summed E-state index contributed by atoms with van der Waals surface area (Å²) in [6.45, 7) is 2.85. The molecular formula is C17H16ClN3O2S2. The molecule has 3 aromatic rings. The molecule has 0 aliphatic carbocycles. The lowest BCUT2D eigenvalue weighted by Crippen LogP contribution is -2.26. The van der Waals surface area contributed by atoms with Gasteiger partial charge in [0.15, 0.2) is 5.16 Å². The van der Waals surface area contributed by atoms with Gasteiger partial charge in [-0.2, -0.15) is 0 Å². The minimum atomic E-state index is -0.111. The third-order valence-electron chi connectivity index (χ3n) is 3.56. The average Bonchev–Trinajstić information content (AvgIpc) is 3.03. The second-order valence-corrected chi connectivity index (χ2v) is 7.97. The zero-order chi connectivity index (χ0) is 17.8. The van der Waals surface area contributed by atoms with Crippen molar-refractivity contribution in [3.8, 4) is 0 Å². The highest BCUT2D eigenvalue weighted by atomic mass is 35.5. The van der Waals surface area contributed by atoms with Crippen LogP contribution >= 0.6 is 34.7 Å². The van der Waals surface area contributed by atoms with E-state index in [4.69, 9.17) is 11.6 Å². The van der Waals surface area contributed by atoms with E-state index in [0.29, 0.717) is 33.5 Å². The van der Waals surface area contributed by atoms with Gasteiger partial charge in [0.25, 0.3) is 5.56 Å². The normalized spacial score (nSPS) is 11.0. The van der Waals surface area contributed by atoms with Crippen molar-refractivity contribution >= 4 is 51.5 Å². The quantitative estimate of drug-likeness (QED) is 0.514. The number of thioether (sulfide) groups is 1. The fraction of sp³-hybridized carbons (Fsp3) is 0.235. The Hall–Kier alpha value is -1.83. The number of hydrogen-bond donors (Lipinski definition) is 1. The van der Waals surface area contributed by atoms with Crippen LogP contribution < -0.4 is 10.9 Å². The summed E-state index contributed by atoms with van der Waals surface area (Å²) in [6.07, 6.45) is 0. The molecule has 0 radical (unpaired) electrons. The summed E-state index contributed by atoms with van der Waals surface area (Å²) >= 11 is 8.58. The lowest BCUT2D eigenvalue weighted by atomic mass is 10.2. The lowest BCUT2D eigenvalue weighted by Gasteiger charge is -2.11. The molecule has 25 heavy (non-hydrogen) atoms. The predicted molar refractivity (Wildman–Crippen MR) is 104 cm³/mol. The molecule has 5 nitrogen and oxygen atoms in total. The van der Waals surface area contributed by atoms with Crippen molar-refractivity contribution in [3.05, 3.63) is 56.0 Å². The first-order chi connectivity index (χ1) is 12.1. The Labute approximate surface area is 158 Å². The monoisotopic (exact) mass is 393 g/mol. The van der Waals surface area contributed by atoms with Crippen LogP contribution in [0.3, 0.4) is 0 Å². The maximum Gasteiger partial charge on any atom is 0.262 e. The summed E-state index contributed by atoms with van der Waals surface area (Å²) in [5, 5.41) is 4.00. The number of nitrogens with one attached hydrogen (secondary N) is 1. The second-order valence-electron chi connectivity index (χ2n) is 5.23. The van der Waals surface area contributed by atoms with Gasteiger partial charge in [-0.3, -0.25) is 14.2 Å². The third kappa shape index (κ3) is 4.23. The highest BCUT2D eigenvalue weighted by Crippen LogP contribution is 2.21. The molecule has 0 atom stereocenters. The van der Waals surface area contributed by atoms with Crippen LogP contribution in [-0.4, -0.2) is 21.2 Å². The van der Waals surface area contributed by atoms with Crippen LogP contribution in [0.25, 0.3) is 10.9 Å². The van der Waals surface area contributed by atoms with Gasteiger partial charge in [0.1, 0.15) is 0 Å². The summed E-state index contributed by atoms with van der Waals surface area (Å²) in [5.74, 6) is 0.0868.